The lowest BCUT2D eigenvalue weighted by Gasteiger charge is -2.35. The van der Waals surface area contributed by atoms with E-state index in [-0.39, 0.29) is 53.3 Å². The number of nitrogens with one attached hydrogen (secondary N) is 2. The van der Waals surface area contributed by atoms with Crippen LogP contribution in [0.25, 0.3) is 0 Å². The average molecular weight is 671 g/mol. The third kappa shape index (κ3) is 8.38. The van der Waals surface area contributed by atoms with E-state index in [0.717, 1.165) is 31.2 Å². The van der Waals surface area contributed by atoms with E-state index in [9.17, 15) is 30.8 Å². The van der Waals surface area contributed by atoms with Crippen molar-refractivity contribution in [1.29, 1.82) is 0 Å². The number of piperazine rings is 1. The summed E-state index contributed by atoms with van der Waals surface area (Å²) in [5.74, 6) is -0.685. The van der Waals surface area contributed by atoms with Crippen molar-refractivity contribution in [3.63, 3.8) is 0 Å². The molecule has 5 rings (SSSR count). The lowest BCUT2D eigenvalue weighted by atomic mass is 10.1. The second kappa shape index (κ2) is 14.4. The molecule has 0 aromatic heterocycles. The van der Waals surface area contributed by atoms with Gasteiger partial charge in [-0.25, -0.2) is 21.2 Å². The van der Waals surface area contributed by atoms with Crippen LogP contribution in [-0.4, -0.2) is 88.9 Å². The molecule has 0 bridgehead atoms. The summed E-state index contributed by atoms with van der Waals surface area (Å²) in [6.45, 7) is 1.53. The van der Waals surface area contributed by atoms with Crippen LogP contribution in [0, 0.1) is 5.82 Å². The van der Waals surface area contributed by atoms with Crippen molar-refractivity contribution in [2.75, 3.05) is 39.0 Å². The summed E-state index contributed by atoms with van der Waals surface area (Å²) in [4.78, 5) is 28.7. The molecule has 3 aromatic carbocycles. The van der Waals surface area contributed by atoms with Crippen molar-refractivity contribution in [1.82, 2.24) is 19.8 Å². The largest absolute Gasteiger partial charge is 0.340 e. The SMILES string of the molecule is CS(=O)(=O)N1CCN(C(=O)[C@H](CCCCN[C@H]2C[C@@H]2c2ccc(F)cc2)NC(=O)c2ccc(S(=O)(=O)c3ccccc3)cc2)CC1. The van der Waals surface area contributed by atoms with Gasteiger partial charge in [-0.2, -0.15) is 4.31 Å². The Kier molecular flexibility index (Phi) is 10.6. The Labute approximate surface area is 270 Å². The molecule has 2 fully saturated rings. The Morgan fingerprint density at radius 1 is 0.848 bits per heavy atom. The predicted octanol–water partition coefficient (Wildman–Crippen LogP) is 3.18. The highest BCUT2D eigenvalue weighted by molar-refractivity contribution is 7.91. The number of amides is 2. The van der Waals surface area contributed by atoms with Crippen LogP contribution in [0.15, 0.2) is 88.7 Å². The summed E-state index contributed by atoms with van der Waals surface area (Å²) in [6.07, 6.45) is 3.91. The number of sulfone groups is 1. The van der Waals surface area contributed by atoms with E-state index in [0.29, 0.717) is 24.8 Å². The van der Waals surface area contributed by atoms with E-state index in [1.54, 1.807) is 23.1 Å². The van der Waals surface area contributed by atoms with Crippen molar-refractivity contribution >= 4 is 31.7 Å². The third-order valence-electron chi connectivity index (χ3n) is 8.52. The molecule has 2 amide bonds. The second-order valence-electron chi connectivity index (χ2n) is 11.8. The van der Waals surface area contributed by atoms with Gasteiger partial charge in [-0.15, -0.1) is 0 Å². The molecule has 13 heteroatoms. The Morgan fingerprint density at radius 3 is 2.11 bits per heavy atom. The zero-order valence-electron chi connectivity index (χ0n) is 25.6. The molecule has 1 saturated heterocycles. The summed E-state index contributed by atoms with van der Waals surface area (Å²) in [5, 5.41) is 6.36. The van der Waals surface area contributed by atoms with E-state index < -0.39 is 31.8 Å². The monoisotopic (exact) mass is 670 g/mol. The minimum Gasteiger partial charge on any atom is -0.340 e. The highest BCUT2D eigenvalue weighted by atomic mass is 32.2. The number of sulfonamides is 1. The third-order valence-corrected chi connectivity index (χ3v) is 11.6. The fourth-order valence-electron chi connectivity index (χ4n) is 5.74. The van der Waals surface area contributed by atoms with Crippen LogP contribution in [0.4, 0.5) is 4.39 Å². The lowest BCUT2D eigenvalue weighted by molar-refractivity contribution is -0.134. The summed E-state index contributed by atoms with van der Waals surface area (Å²) >= 11 is 0. The molecular formula is C33H39FN4O6S2. The van der Waals surface area contributed by atoms with Gasteiger partial charge in [-0.05, 0) is 86.3 Å². The number of benzene rings is 3. The number of carbonyl (C=O) groups excluding carboxylic acids is 2. The van der Waals surface area contributed by atoms with Gasteiger partial charge in [0.25, 0.3) is 5.91 Å². The predicted molar refractivity (Wildman–Crippen MR) is 172 cm³/mol. The highest BCUT2D eigenvalue weighted by Crippen LogP contribution is 2.40. The van der Waals surface area contributed by atoms with Gasteiger partial charge < -0.3 is 15.5 Å². The Bertz CT molecular complexity index is 1730. The van der Waals surface area contributed by atoms with E-state index in [2.05, 4.69) is 10.6 Å². The number of nitrogens with zero attached hydrogens (tertiary/aromatic N) is 2. The van der Waals surface area contributed by atoms with Gasteiger partial charge in [0.15, 0.2) is 0 Å². The van der Waals surface area contributed by atoms with Crippen molar-refractivity contribution in [3.8, 4) is 0 Å². The first kappa shape index (κ1) is 33.7. The van der Waals surface area contributed by atoms with Gasteiger partial charge >= 0.3 is 0 Å². The minimum absolute atomic E-state index is 0.0523. The van der Waals surface area contributed by atoms with Gasteiger partial charge in [0.1, 0.15) is 11.9 Å². The number of halogens is 1. The summed E-state index contributed by atoms with van der Waals surface area (Å²) in [6, 6.07) is 19.7. The van der Waals surface area contributed by atoms with Gasteiger partial charge in [0.2, 0.25) is 25.8 Å². The van der Waals surface area contributed by atoms with Crippen LogP contribution >= 0.6 is 0 Å². The maximum absolute atomic E-state index is 13.6. The number of unbranched alkanes of at least 4 members (excludes halogenated alkanes) is 1. The summed E-state index contributed by atoms with van der Waals surface area (Å²) < 4.78 is 64.4. The van der Waals surface area contributed by atoms with Crippen molar-refractivity contribution in [3.05, 3.63) is 95.8 Å². The van der Waals surface area contributed by atoms with E-state index in [1.807, 2.05) is 12.1 Å². The molecule has 246 valence electrons. The second-order valence-corrected chi connectivity index (χ2v) is 15.7. The molecule has 10 nitrogen and oxygen atoms in total. The zero-order chi connectivity index (χ0) is 32.9. The fourth-order valence-corrected chi connectivity index (χ4v) is 7.85. The molecule has 1 aliphatic carbocycles. The molecule has 0 unspecified atom stereocenters. The number of carbonyl (C=O) groups is 2. The van der Waals surface area contributed by atoms with Crippen LogP contribution in [0.1, 0.15) is 47.5 Å². The van der Waals surface area contributed by atoms with Crippen LogP contribution in [0.3, 0.4) is 0 Å². The maximum atomic E-state index is 13.6. The first-order valence-electron chi connectivity index (χ1n) is 15.4. The molecule has 3 aromatic rings. The number of rotatable bonds is 13. The average Bonchev–Trinajstić information content (AvgIpc) is 3.83. The molecule has 2 aliphatic rings. The van der Waals surface area contributed by atoms with E-state index in [1.165, 1.54) is 52.8 Å². The summed E-state index contributed by atoms with van der Waals surface area (Å²) in [7, 11) is -7.12. The van der Waals surface area contributed by atoms with Gasteiger partial charge in [-0.3, -0.25) is 9.59 Å². The molecule has 0 spiro atoms. The van der Waals surface area contributed by atoms with Gasteiger partial charge in [0.05, 0.1) is 16.0 Å². The smallest absolute Gasteiger partial charge is 0.251 e. The molecule has 1 saturated carbocycles. The Balaban J connectivity index is 1.19. The Morgan fingerprint density at radius 2 is 1.48 bits per heavy atom. The first-order chi connectivity index (χ1) is 21.9. The standard InChI is InChI=1S/C33H39FN4O6S2/c1-45(41,42)38-21-19-37(20-22-38)33(40)30(9-5-6-18-35-31-23-29(31)24-10-14-26(34)15-11-24)36-32(39)25-12-16-28(17-13-25)46(43,44)27-7-3-2-4-8-27/h2-4,7-8,10-17,29-31,35H,5-6,9,18-23H2,1H3,(H,36,39)/t29-,30+,31+/m1/s1. The molecule has 1 heterocycles. The van der Waals surface area contributed by atoms with Crippen LogP contribution in [0.2, 0.25) is 0 Å². The van der Waals surface area contributed by atoms with Crippen LogP contribution in [0.5, 0.6) is 0 Å². The van der Waals surface area contributed by atoms with Crippen LogP contribution in [-0.2, 0) is 24.7 Å². The Hall–Kier alpha value is -3.65. The topological polar surface area (TPSA) is 133 Å². The van der Waals surface area contributed by atoms with E-state index >= 15 is 0 Å². The fraction of sp³-hybridized carbons (Fsp3) is 0.394. The van der Waals surface area contributed by atoms with Crippen molar-refractivity contribution < 1.29 is 30.8 Å². The van der Waals surface area contributed by atoms with Crippen molar-refractivity contribution in [2.45, 2.75) is 53.5 Å². The zero-order valence-corrected chi connectivity index (χ0v) is 27.3. The molecule has 3 atom stereocenters. The molecular weight excluding hydrogens is 632 g/mol. The number of hydrogen-bond donors (Lipinski definition) is 2. The first-order valence-corrected chi connectivity index (χ1v) is 18.7. The van der Waals surface area contributed by atoms with Gasteiger partial charge in [0, 0.05) is 43.7 Å². The maximum Gasteiger partial charge on any atom is 0.251 e. The molecule has 1 aliphatic heterocycles. The van der Waals surface area contributed by atoms with Crippen molar-refractivity contribution in [2.24, 2.45) is 0 Å². The molecule has 0 radical (unpaired) electrons. The number of hydrogen-bond acceptors (Lipinski definition) is 7. The quantitative estimate of drug-likeness (QED) is 0.267. The van der Waals surface area contributed by atoms with Crippen LogP contribution < -0.4 is 10.6 Å². The normalized spacial score (nSPS) is 19.4. The molecule has 46 heavy (non-hydrogen) atoms. The van der Waals surface area contributed by atoms with E-state index in [4.69, 9.17) is 0 Å². The molecule has 2 N–H and O–H groups in total. The minimum atomic E-state index is -3.75. The summed E-state index contributed by atoms with van der Waals surface area (Å²) in [5.41, 5.74) is 1.32. The highest BCUT2D eigenvalue weighted by Gasteiger charge is 2.37. The lowest BCUT2D eigenvalue weighted by Crippen LogP contribution is -2.55. The van der Waals surface area contributed by atoms with Gasteiger partial charge in [-0.1, -0.05) is 30.3 Å².